The van der Waals surface area contributed by atoms with E-state index < -0.39 is 35.7 Å². The predicted octanol–water partition coefficient (Wildman–Crippen LogP) is 6.29. The fourth-order valence-electron chi connectivity index (χ4n) is 4.64. The molecule has 2 aromatic carbocycles. The smallest absolute Gasteiger partial charge is 0.416 e. The van der Waals surface area contributed by atoms with Gasteiger partial charge in [-0.2, -0.15) is 13.2 Å². The minimum absolute atomic E-state index is 0.0183. The molecule has 3 aromatic rings. The van der Waals surface area contributed by atoms with Crippen LogP contribution in [0.1, 0.15) is 39.2 Å². The van der Waals surface area contributed by atoms with E-state index in [0.717, 1.165) is 12.1 Å². The van der Waals surface area contributed by atoms with Crippen molar-refractivity contribution in [1.29, 1.82) is 0 Å². The average Bonchev–Trinajstić information content (AvgIpc) is 3.11. The van der Waals surface area contributed by atoms with E-state index in [1.165, 1.54) is 17.0 Å². The number of aliphatic carboxylic acids is 1. The number of halogens is 6. The molecule has 1 fully saturated rings. The van der Waals surface area contributed by atoms with Gasteiger partial charge in [0.25, 0.3) is 5.91 Å². The lowest BCUT2D eigenvalue weighted by atomic mass is 9.94. The van der Waals surface area contributed by atoms with Gasteiger partial charge in [0.1, 0.15) is 6.17 Å². The highest BCUT2D eigenvalue weighted by molar-refractivity contribution is 6.38. The van der Waals surface area contributed by atoms with Crippen molar-refractivity contribution in [1.82, 2.24) is 9.47 Å². The van der Waals surface area contributed by atoms with Crippen molar-refractivity contribution >= 4 is 46.0 Å². The molecule has 0 spiro atoms. The first-order valence-corrected chi connectivity index (χ1v) is 11.8. The Kier molecular flexibility index (Phi) is 7.00. The maximum atomic E-state index is 14.3. The molecule has 4 rings (SSSR count). The van der Waals surface area contributed by atoms with Crippen LogP contribution >= 0.6 is 23.2 Å². The van der Waals surface area contributed by atoms with Gasteiger partial charge in [0.15, 0.2) is 0 Å². The molecule has 2 atom stereocenters. The molecule has 1 saturated heterocycles. The lowest BCUT2D eigenvalue weighted by Crippen LogP contribution is -2.47. The van der Waals surface area contributed by atoms with Gasteiger partial charge in [-0.15, -0.1) is 0 Å². The molecule has 5 nitrogen and oxygen atoms in total. The van der Waals surface area contributed by atoms with Gasteiger partial charge >= 0.3 is 12.1 Å². The summed E-state index contributed by atoms with van der Waals surface area (Å²) in [6, 6.07) is 6.85. The minimum Gasteiger partial charge on any atom is -0.481 e. The number of hydrogen-bond donors (Lipinski definition) is 1. The maximum Gasteiger partial charge on any atom is 0.416 e. The summed E-state index contributed by atoms with van der Waals surface area (Å²) in [7, 11) is 1.64. The van der Waals surface area contributed by atoms with Crippen LogP contribution in [0.4, 0.5) is 17.6 Å². The first-order valence-electron chi connectivity index (χ1n) is 11.1. The van der Waals surface area contributed by atoms with E-state index in [0.29, 0.717) is 27.7 Å². The summed E-state index contributed by atoms with van der Waals surface area (Å²) in [6.45, 7) is 1.30. The van der Waals surface area contributed by atoms with E-state index in [1.54, 1.807) is 24.6 Å². The zero-order valence-electron chi connectivity index (χ0n) is 19.3. The number of alkyl halides is 4. The third-order valence-corrected chi connectivity index (χ3v) is 7.50. The Hall–Kier alpha value is -2.78. The Morgan fingerprint density at radius 3 is 2.47 bits per heavy atom. The molecule has 1 N–H and O–H groups in total. The molecule has 0 aliphatic carbocycles. The number of carbonyl (C=O) groups is 2. The highest BCUT2D eigenvalue weighted by atomic mass is 35.5. The number of carboxylic acids is 1. The molecular formula is C25H22Cl2F4N2O3. The van der Waals surface area contributed by atoms with Crippen molar-refractivity contribution in [3.8, 4) is 0 Å². The SMILES string of the molecule is Cc1cc(C(F)(F)F)cc2c1cc(Cc1c(Cl)ccc(C(=O)N3CCC(C(=O)O)C(F)C3)c1Cl)n2C. The zero-order chi connectivity index (χ0) is 26.5. The number of aromatic nitrogens is 1. The zero-order valence-corrected chi connectivity index (χ0v) is 20.8. The number of carboxylic acid groups (broad SMARTS) is 1. The average molecular weight is 545 g/mol. The summed E-state index contributed by atoms with van der Waals surface area (Å²) >= 11 is 13.0. The number of aryl methyl sites for hydroxylation is 2. The van der Waals surface area contributed by atoms with Crippen LogP contribution < -0.4 is 0 Å². The van der Waals surface area contributed by atoms with Crippen molar-refractivity contribution < 1.29 is 32.3 Å². The molecule has 36 heavy (non-hydrogen) atoms. The van der Waals surface area contributed by atoms with Gasteiger partial charge in [-0.3, -0.25) is 9.59 Å². The summed E-state index contributed by atoms with van der Waals surface area (Å²) in [5, 5.41) is 10.1. The van der Waals surface area contributed by atoms with Crippen molar-refractivity contribution in [3.05, 3.63) is 68.3 Å². The first kappa shape index (κ1) is 26.3. The van der Waals surface area contributed by atoms with Crippen molar-refractivity contribution in [2.24, 2.45) is 13.0 Å². The molecule has 1 amide bonds. The molecule has 11 heteroatoms. The molecule has 2 unspecified atom stereocenters. The molecule has 192 valence electrons. The summed E-state index contributed by atoms with van der Waals surface area (Å²) < 4.78 is 55.9. The van der Waals surface area contributed by atoms with E-state index in [1.807, 2.05) is 0 Å². The summed E-state index contributed by atoms with van der Waals surface area (Å²) in [4.78, 5) is 25.5. The van der Waals surface area contributed by atoms with Crippen LogP contribution in [0.2, 0.25) is 10.0 Å². The maximum absolute atomic E-state index is 14.3. The van der Waals surface area contributed by atoms with Crippen LogP contribution in [0.3, 0.4) is 0 Å². The van der Waals surface area contributed by atoms with Crippen LogP contribution in [-0.4, -0.2) is 45.7 Å². The Labute approximate surface area is 214 Å². The molecule has 0 saturated carbocycles. The fourth-order valence-corrected chi connectivity index (χ4v) is 5.23. The molecule has 1 aliphatic heterocycles. The number of likely N-dealkylation sites (tertiary alicyclic amines) is 1. The van der Waals surface area contributed by atoms with Gasteiger partial charge in [-0.05, 0) is 54.8 Å². The van der Waals surface area contributed by atoms with E-state index in [2.05, 4.69) is 0 Å². The Bertz CT molecular complexity index is 1370. The minimum atomic E-state index is -4.48. The molecule has 1 aromatic heterocycles. The quantitative estimate of drug-likeness (QED) is 0.393. The van der Waals surface area contributed by atoms with Gasteiger partial charge in [-0.25, -0.2) is 4.39 Å². The van der Waals surface area contributed by atoms with Crippen molar-refractivity contribution in [3.63, 3.8) is 0 Å². The second-order valence-corrected chi connectivity index (χ2v) is 9.77. The Morgan fingerprint density at radius 2 is 1.86 bits per heavy atom. The lowest BCUT2D eigenvalue weighted by molar-refractivity contribution is -0.146. The molecule has 1 aliphatic rings. The van der Waals surface area contributed by atoms with Gasteiger partial charge in [0.05, 0.1) is 28.6 Å². The largest absolute Gasteiger partial charge is 0.481 e. The number of fused-ring (bicyclic) bond motifs is 1. The first-order chi connectivity index (χ1) is 16.8. The van der Waals surface area contributed by atoms with Gasteiger partial charge < -0.3 is 14.6 Å². The number of piperidine rings is 1. The van der Waals surface area contributed by atoms with E-state index in [4.69, 9.17) is 28.3 Å². The van der Waals surface area contributed by atoms with Crippen molar-refractivity contribution in [2.75, 3.05) is 13.1 Å². The second-order valence-electron chi connectivity index (χ2n) is 8.98. The Balaban J connectivity index is 1.67. The fraction of sp³-hybridized carbons (Fsp3) is 0.360. The number of nitrogens with zero attached hydrogens (tertiary/aromatic N) is 2. The summed E-state index contributed by atoms with van der Waals surface area (Å²) in [5.41, 5.74) is 1.24. The number of rotatable bonds is 4. The van der Waals surface area contributed by atoms with Crippen LogP contribution in [0.15, 0.2) is 30.3 Å². The van der Waals surface area contributed by atoms with Crippen LogP contribution in [0.25, 0.3) is 10.9 Å². The van der Waals surface area contributed by atoms with Crippen LogP contribution in [0.5, 0.6) is 0 Å². The standard InChI is InChI=1S/C25H22Cl2F4N2O3/c1-12-7-13(25(29,30)31)8-21-17(12)9-14(32(21)2)10-18-19(26)4-3-16(22(18)27)23(34)33-6-5-15(24(35)36)20(28)11-33/h3-4,7-9,15,20H,5-6,10-11H2,1-2H3,(H,35,36). The van der Waals surface area contributed by atoms with Gasteiger partial charge in [0, 0.05) is 41.6 Å². The monoisotopic (exact) mass is 544 g/mol. The van der Waals surface area contributed by atoms with Crippen LogP contribution in [0, 0.1) is 12.8 Å². The number of benzene rings is 2. The summed E-state index contributed by atoms with van der Waals surface area (Å²) in [5.74, 6) is -2.96. The summed E-state index contributed by atoms with van der Waals surface area (Å²) in [6.07, 6.45) is -6.07. The predicted molar refractivity (Wildman–Crippen MR) is 128 cm³/mol. The number of hydrogen-bond acceptors (Lipinski definition) is 2. The van der Waals surface area contributed by atoms with Crippen LogP contribution in [-0.2, 0) is 24.4 Å². The highest BCUT2D eigenvalue weighted by Gasteiger charge is 2.37. The van der Waals surface area contributed by atoms with E-state index >= 15 is 0 Å². The molecule has 0 radical (unpaired) electrons. The third kappa shape index (κ3) is 4.78. The lowest BCUT2D eigenvalue weighted by Gasteiger charge is -2.33. The topological polar surface area (TPSA) is 62.5 Å². The number of amides is 1. The van der Waals surface area contributed by atoms with Crippen molar-refractivity contribution in [2.45, 2.75) is 32.1 Å². The molecule has 0 bridgehead atoms. The third-order valence-electron chi connectivity index (χ3n) is 6.72. The molecular weight excluding hydrogens is 523 g/mol. The van der Waals surface area contributed by atoms with Gasteiger partial charge in [-0.1, -0.05) is 23.2 Å². The normalized spacial score (nSPS) is 18.6. The second kappa shape index (κ2) is 9.59. The molecule has 2 heterocycles. The number of carbonyl (C=O) groups excluding carboxylic acids is 1. The van der Waals surface area contributed by atoms with E-state index in [-0.39, 0.29) is 41.5 Å². The van der Waals surface area contributed by atoms with E-state index in [9.17, 15) is 27.2 Å². The highest BCUT2D eigenvalue weighted by Crippen LogP contribution is 2.36. The Morgan fingerprint density at radius 1 is 1.17 bits per heavy atom. The van der Waals surface area contributed by atoms with Gasteiger partial charge in [0.2, 0.25) is 0 Å².